The van der Waals surface area contributed by atoms with Gasteiger partial charge < -0.3 is 9.64 Å². The van der Waals surface area contributed by atoms with Gasteiger partial charge in [0.1, 0.15) is 5.82 Å². The fourth-order valence-electron chi connectivity index (χ4n) is 3.87. The maximum atomic E-state index is 5.37. The van der Waals surface area contributed by atoms with Crippen molar-refractivity contribution in [3.8, 4) is 6.01 Å². The van der Waals surface area contributed by atoms with Crippen molar-refractivity contribution in [3.05, 3.63) is 47.2 Å². The number of nitrogens with zero attached hydrogens (tertiary/aromatic N) is 4. The molecule has 0 unspecified atom stereocenters. The monoisotopic (exact) mass is 338 g/mol. The van der Waals surface area contributed by atoms with Crippen LogP contribution in [0.5, 0.6) is 6.01 Å². The second-order valence-electron chi connectivity index (χ2n) is 6.95. The highest BCUT2D eigenvalue weighted by molar-refractivity contribution is 5.51. The molecule has 5 heteroatoms. The van der Waals surface area contributed by atoms with E-state index in [0.29, 0.717) is 6.01 Å². The molecular formula is C20H26N4O. The summed E-state index contributed by atoms with van der Waals surface area (Å²) in [6.07, 6.45) is 4.77. The largest absolute Gasteiger partial charge is 0.467 e. The summed E-state index contributed by atoms with van der Waals surface area (Å²) in [7, 11) is 1.66. The molecular weight excluding hydrogens is 312 g/mol. The molecule has 2 aromatic rings. The number of benzene rings is 1. The first-order chi connectivity index (χ1) is 12.3. The van der Waals surface area contributed by atoms with Gasteiger partial charge in [-0.05, 0) is 24.8 Å². The lowest BCUT2D eigenvalue weighted by Gasteiger charge is -2.34. The summed E-state index contributed by atoms with van der Waals surface area (Å²) >= 11 is 0. The van der Waals surface area contributed by atoms with Gasteiger partial charge in [0.2, 0.25) is 0 Å². The number of fused-ring (bicyclic) bond motifs is 1. The molecule has 1 saturated heterocycles. The first-order valence-electron chi connectivity index (χ1n) is 9.28. The first-order valence-corrected chi connectivity index (χ1v) is 9.28. The number of aromatic nitrogens is 2. The van der Waals surface area contributed by atoms with E-state index >= 15 is 0 Å². The summed E-state index contributed by atoms with van der Waals surface area (Å²) in [5, 5.41) is 0. The van der Waals surface area contributed by atoms with Crippen LogP contribution in [0.1, 0.15) is 36.1 Å². The Bertz CT molecular complexity index is 713. The van der Waals surface area contributed by atoms with E-state index in [1.54, 1.807) is 7.11 Å². The third-order valence-electron chi connectivity index (χ3n) is 5.18. The number of piperidine rings is 1. The van der Waals surface area contributed by atoms with E-state index in [2.05, 4.69) is 45.1 Å². The predicted molar refractivity (Wildman–Crippen MR) is 98.9 cm³/mol. The van der Waals surface area contributed by atoms with Crippen molar-refractivity contribution in [1.82, 2.24) is 14.9 Å². The van der Waals surface area contributed by atoms with Crippen molar-refractivity contribution in [2.75, 3.05) is 31.6 Å². The van der Waals surface area contributed by atoms with Crippen LogP contribution in [0.15, 0.2) is 30.3 Å². The number of ether oxygens (including phenoxy) is 1. The zero-order valence-electron chi connectivity index (χ0n) is 14.9. The second kappa shape index (κ2) is 7.40. The lowest BCUT2D eigenvalue weighted by atomic mass is 10.0. The van der Waals surface area contributed by atoms with Gasteiger partial charge >= 0.3 is 6.01 Å². The third kappa shape index (κ3) is 3.61. The molecule has 3 heterocycles. The highest BCUT2D eigenvalue weighted by atomic mass is 16.5. The van der Waals surface area contributed by atoms with Crippen molar-refractivity contribution in [2.45, 2.75) is 38.8 Å². The molecule has 0 radical (unpaired) electrons. The van der Waals surface area contributed by atoms with Gasteiger partial charge in [-0.3, -0.25) is 4.90 Å². The molecule has 0 aliphatic carbocycles. The van der Waals surface area contributed by atoms with Crippen LogP contribution in [-0.4, -0.2) is 41.6 Å². The van der Waals surface area contributed by atoms with Crippen LogP contribution in [0.2, 0.25) is 0 Å². The van der Waals surface area contributed by atoms with E-state index in [0.717, 1.165) is 50.7 Å². The molecule has 1 aromatic carbocycles. The summed E-state index contributed by atoms with van der Waals surface area (Å²) in [5.74, 6) is 1.10. The predicted octanol–water partition coefficient (Wildman–Crippen LogP) is 3.03. The molecule has 0 bridgehead atoms. The van der Waals surface area contributed by atoms with E-state index in [9.17, 15) is 0 Å². The fourth-order valence-corrected chi connectivity index (χ4v) is 3.87. The van der Waals surface area contributed by atoms with Gasteiger partial charge in [-0.15, -0.1) is 0 Å². The summed E-state index contributed by atoms with van der Waals surface area (Å²) in [5.41, 5.74) is 3.82. The van der Waals surface area contributed by atoms with Crippen molar-refractivity contribution in [1.29, 1.82) is 0 Å². The van der Waals surface area contributed by atoms with Crippen LogP contribution in [0.25, 0.3) is 0 Å². The topological polar surface area (TPSA) is 41.5 Å². The summed E-state index contributed by atoms with van der Waals surface area (Å²) in [6, 6.07) is 11.2. The van der Waals surface area contributed by atoms with Crippen LogP contribution in [0, 0.1) is 0 Å². The van der Waals surface area contributed by atoms with Gasteiger partial charge in [-0.25, -0.2) is 0 Å². The summed E-state index contributed by atoms with van der Waals surface area (Å²) in [6.45, 7) is 5.10. The van der Waals surface area contributed by atoms with E-state index in [1.165, 1.54) is 30.4 Å². The van der Waals surface area contributed by atoms with Crippen molar-refractivity contribution >= 4 is 5.82 Å². The van der Waals surface area contributed by atoms with Crippen molar-refractivity contribution in [3.63, 3.8) is 0 Å². The minimum atomic E-state index is 0.510. The minimum absolute atomic E-state index is 0.510. The van der Waals surface area contributed by atoms with Gasteiger partial charge in [0.25, 0.3) is 0 Å². The fraction of sp³-hybridized carbons (Fsp3) is 0.500. The number of hydrogen-bond acceptors (Lipinski definition) is 5. The van der Waals surface area contributed by atoms with Crippen LogP contribution in [0.4, 0.5) is 5.82 Å². The van der Waals surface area contributed by atoms with Gasteiger partial charge in [0.15, 0.2) is 0 Å². The zero-order valence-corrected chi connectivity index (χ0v) is 14.9. The molecule has 2 aliphatic heterocycles. The molecule has 0 amide bonds. The Hall–Kier alpha value is -2.14. The number of methoxy groups -OCH3 is 1. The molecule has 2 aliphatic rings. The molecule has 4 rings (SSSR count). The van der Waals surface area contributed by atoms with Gasteiger partial charge in [-0.1, -0.05) is 30.3 Å². The number of hydrogen-bond donors (Lipinski definition) is 0. The van der Waals surface area contributed by atoms with E-state index in [1.807, 2.05) is 0 Å². The summed E-state index contributed by atoms with van der Waals surface area (Å²) in [4.78, 5) is 14.3. The molecule has 1 fully saturated rings. The average Bonchev–Trinajstić information content (AvgIpc) is 2.68. The van der Waals surface area contributed by atoms with Crippen LogP contribution in [0.3, 0.4) is 0 Å². The van der Waals surface area contributed by atoms with Crippen LogP contribution < -0.4 is 9.64 Å². The molecule has 25 heavy (non-hydrogen) atoms. The van der Waals surface area contributed by atoms with Gasteiger partial charge in [0, 0.05) is 44.7 Å². The normalized spacial score (nSPS) is 18.0. The quantitative estimate of drug-likeness (QED) is 0.857. The molecule has 0 spiro atoms. The zero-order chi connectivity index (χ0) is 17.1. The van der Waals surface area contributed by atoms with Crippen LogP contribution >= 0.6 is 0 Å². The van der Waals surface area contributed by atoms with E-state index < -0.39 is 0 Å². The number of rotatable bonds is 4. The average molecular weight is 338 g/mol. The van der Waals surface area contributed by atoms with Gasteiger partial charge in [0.05, 0.1) is 12.8 Å². The smallest absolute Gasteiger partial charge is 0.318 e. The standard InChI is InChI=1S/C20H26N4O/c1-25-20-21-18-10-13-23(14-16-8-4-2-5-9-16)15-17(18)19(22-20)24-11-6-3-7-12-24/h2,4-5,8-9H,3,6-7,10-15H2,1H3. The Morgan fingerprint density at radius 1 is 1.00 bits per heavy atom. The SMILES string of the molecule is COc1nc2c(c(N3CCCCC3)n1)CN(Cc1ccccc1)CC2. The Balaban J connectivity index is 1.60. The molecule has 5 nitrogen and oxygen atoms in total. The Kier molecular flexibility index (Phi) is 4.83. The maximum Gasteiger partial charge on any atom is 0.318 e. The summed E-state index contributed by atoms with van der Waals surface area (Å²) < 4.78 is 5.37. The number of anilines is 1. The highest BCUT2D eigenvalue weighted by Crippen LogP contribution is 2.30. The molecule has 132 valence electrons. The molecule has 1 aromatic heterocycles. The molecule has 0 saturated carbocycles. The van der Waals surface area contributed by atoms with Crippen molar-refractivity contribution in [2.24, 2.45) is 0 Å². The Morgan fingerprint density at radius 2 is 1.80 bits per heavy atom. The second-order valence-corrected chi connectivity index (χ2v) is 6.95. The van der Waals surface area contributed by atoms with E-state index in [4.69, 9.17) is 9.72 Å². The van der Waals surface area contributed by atoms with E-state index in [-0.39, 0.29) is 0 Å². The lowest BCUT2D eigenvalue weighted by Crippen LogP contribution is -2.36. The Labute approximate surface area is 149 Å². The molecule has 0 N–H and O–H groups in total. The highest BCUT2D eigenvalue weighted by Gasteiger charge is 2.26. The molecule has 0 atom stereocenters. The lowest BCUT2D eigenvalue weighted by molar-refractivity contribution is 0.241. The minimum Gasteiger partial charge on any atom is -0.467 e. The van der Waals surface area contributed by atoms with Gasteiger partial charge in [-0.2, -0.15) is 9.97 Å². The first kappa shape index (κ1) is 16.3. The maximum absolute atomic E-state index is 5.37. The van der Waals surface area contributed by atoms with Crippen LogP contribution in [-0.2, 0) is 19.5 Å². The Morgan fingerprint density at radius 3 is 2.56 bits per heavy atom. The van der Waals surface area contributed by atoms with Crippen molar-refractivity contribution < 1.29 is 4.74 Å². The third-order valence-corrected chi connectivity index (χ3v) is 5.18.